The summed E-state index contributed by atoms with van der Waals surface area (Å²) in [6, 6.07) is 3.00. The monoisotopic (exact) mass is 428 g/mol. The Morgan fingerprint density at radius 1 is 1.23 bits per heavy atom. The van der Waals surface area contributed by atoms with E-state index in [-0.39, 0.29) is 30.1 Å². The summed E-state index contributed by atoms with van der Waals surface area (Å²) in [5, 5.41) is 10.7. The minimum atomic E-state index is -4.66. The second kappa shape index (κ2) is 8.44. The number of halogens is 3. The van der Waals surface area contributed by atoms with Crippen molar-refractivity contribution in [3.63, 3.8) is 0 Å². The van der Waals surface area contributed by atoms with Crippen LogP contribution in [0.15, 0.2) is 12.1 Å². The quantitative estimate of drug-likeness (QED) is 0.670. The van der Waals surface area contributed by atoms with E-state index in [0.29, 0.717) is 36.3 Å². The van der Waals surface area contributed by atoms with Crippen LogP contribution in [-0.4, -0.2) is 69.4 Å². The number of amides is 1. The molecule has 0 radical (unpaired) electrons. The predicted molar refractivity (Wildman–Crippen MR) is 99.6 cm³/mol. The van der Waals surface area contributed by atoms with E-state index in [2.05, 4.69) is 15.3 Å². The van der Waals surface area contributed by atoms with Gasteiger partial charge in [0.25, 0.3) is 11.7 Å². The second-order valence-corrected chi connectivity index (χ2v) is 7.45. The third-order valence-corrected chi connectivity index (χ3v) is 5.16. The van der Waals surface area contributed by atoms with E-state index in [1.807, 2.05) is 13.8 Å². The van der Waals surface area contributed by atoms with Gasteiger partial charge in [-0.1, -0.05) is 0 Å². The summed E-state index contributed by atoms with van der Waals surface area (Å²) in [6.07, 6.45) is -3.77. The third kappa shape index (κ3) is 4.62. The summed E-state index contributed by atoms with van der Waals surface area (Å²) in [7, 11) is 1.64. The van der Waals surface area contributed by atoms with Crippen molar-refractivity contribution in [2.24, 2.45) is 5.92 Å². The second-order valence-electron chi connectivity index (χ2n) is 7.45. The van der Waals surface area contributed by atoms with Crippen molar-refractivity contribution in [2.75, 3.05) is 31.6 Å². The molecule has 9 nitrogen and oxygen atoms in total. The zero-order valence-corrected chi connectivity index (χ0v) is 16.9. The molecule has 1 amide bonds. The number of fused-ring (bicyclic) bond motifs is 1. The van der Waals surface area contributed by atoms with Crippen LogP contribution < -0.4 is 4.90 Å². The lowest BCUT2D eigenvalue weighted by molar-refractivity contribution is -0.156. The summed E-state index contributed by atoms with van der Waals surface area (Å²) in [4.78, 5) is 27.5. The standard InChI is InChI=1S/C18H23F3N6O3/c1-11(2)25(3)15(28)10-30-16(29)12-6-8-26(9-7-12)14-5-4-13-22-23-17(18(19,20)21)27(13)24-14/h4-5,11-12H,6-10H2,1-3H3. The number of esters is 1. The molecule has 0 saturated carbocycles. The minimum Gasteiger partial charge on any atom is -0.455 e. The highest BCUT2D eigenvalue weighted by Crippen LogP contribution is 2.28. The largest absolute Gasteiger partial charge is 0.455 e. The first-order valence-corrected chi connectivity index (χ1v) is 9.55. The Morgan fingerprint density at radius 3 is 2.50 bits per heavy atom. The van der Waals surface area contributed by atoms with Gasteiger partial charge in [-0.05, 0) is 38.8 Å². The maximum absolute atomic E-state index is 13.0. The van der Waals surface area contributed by atoms with Crippen LogP contribution in [0.5, 0.6) is 0 Å². The molecule has 1 aliphatic rings. The van der Waals surface area contributed by atoms with Gasteiger partial charge < -0.3 is 14.5 Å². The first-order chi connectivity index (χ1) is 14.1. The first-order valence-electron chi connectivity index (χ1n) is 9.55. The fourth-order valence-corrected chi connectivity index (χ4v) is 3.11. The smallest absolute Gasteiger partial charge is 0.453 e. The van der Waals surface area contributed by atoms with Crippen molar-refractivity contribution in [3.8, 4) is 0 Å². The molecule has 0 aliphatic carbocycles. The Hall–Kier alpha value is -2.92. The van der Waals surface area contributed by atoms with Crippen molar-refractivity contribution in [1.82, 2.24) is 24.7 Å². The molecule has 2 aromatic heterocycles. The molecule has 0 aromatic carbocycles. The van der Waals surface area contributed by atoms with Gasteiger partial charge >= 0.3 is 12.1 Å². The molecule has 30 heavy (non-hydrogen) atoms. The normalized spacial score (nSPS) is 15.6. The summed E-state index contributed by atoms with van der Waals surface area (Å²) >= 11 is 0. The number of carbonyl (C=O) groups excluding carboxylic acids is 2. The fraction of sp³-hybridized carbons (Fsp3) is 0.611. The number of hydrogen-bond acceptors (Lipinski definition) is 7. The van der Waals surface area contributed by atoms with E-state index < -0.39 is 18.0 Å². The van der Waals surface area contributed by atoms with Gasteiger partial charge in [0.15, 0.2) is 12.3 Å². The highest BCUT2D eigenvalue weighted by Gasteiger charge is 2.38. The molecule has 3 heterocycles. The summed E-state index contributed by atoms with van der Waals surface area (Å²) < 4.78 is 44.9. The van der Waals surface area contributed by atoms with Crippen LogP contribution in [0.25, 0.3) is 5.65 Å². The predicted octanol–water partition coefficient (Wildman–Crippen LogP) is 1.77. The number of piperidine rings is 1. The molecule has 0 unspecified atom stereocenters. The van der Waals surface area contributed by atoms with Crippen LogP contribution in [0.4, 0.5) is 19.0 Å². The van der Waals surface area contributed by atoms with Crippen LogP contribution in [0.3, 0.4) is 0 Å². The van der Waals surface area contributed by atoms with E-state index in [4.69, 9.17) is 4.74 Å². The average molecular weight is 428 g/mol. The Kier molecular flexibility index (Phi) is 6.13. The number of aromatic nitrogens is 4. The van der Waals surface area contributed by atoms with Crippen LogP contribution in [0.2, 0.25) is 0 Å². The molecule has 164 valence electrons. The molecule has 12 heteroatoms. The van der Waals surface area contributed by atoms with E-state index in [9.17, 15) is 22.8 Å². The van der Waals surface area contributed by atoms with Gasteiger partial charge in [-0.3, -0.25) is 9.59 Å². The lowest BCUT2D eigenvalue weighted by atomic mass is 9.97. The molecular weight excluding hydrogens is 405 g/mol. The Bertz CT molecular complexity index is 922. The maximum Gasteiger partial charge on any atom is 0.453 e. The van der Waals surface area contributed by atoms with Gasteiger partial charge in [0.1, 0.15) is 5.82 Å². The number of ether oxygens (including phenoxy) is 1. The Labute approximate surface area is 170 Å². The van der Waals surface area contributed by atoms with Crippen molar-refractivity contribution in [3.05, 3.63) is 18.0 Å². The summed E-state index contributed by atoms with van der Waals surface area (Å²) in [5.74, 6) is -1.94. The summed E-state index contributed by atoms with van der Waals surface area (Å²) in [5.41, 5.74) is 0.000529. The molecule has 3 rings (SSSR count). The van der Waals surface area contributed by atoms with Gasteiger partial charge in [-0.25, -0.2) is 0 Å². The van der Waals surface area contributed by atoms with E-state index in [1.165, 1.54) is 11.0 Å². The van der Waals surface area contributed by atoms with Crippen molar-refractivity contribution in [1.29, 1.82) is 0 Å². The Morgan fingerprint density at radius 2 is 1.90 bits per heavy atom. The third-order valence-electron chi connectivity index (χ3n) is 5.16. The number of nitrogens with zero attached hydrogens (tertiary/aromatic N) is 6. The fourth-order valence-electron chi connectivity index (χ4n) is 3.11. The summed E-state index contributed by atoms with van der Waals surface area (Å²) in [6.45, 7) is 4.25. The lowest BCUT2D eigenvalue weighted by Gasteiger charge is -2.31. The SMILES string of the molecule is CC(C)N(C)C(=O)COC(=O)C1CCN(c2ccc3nnc(C(F)(F)F)n3n2)CC1. The van der Waals surface area contributed by atoms with E-state index in [0.717, 1.165) is 0 Å². The number of hydrogen-bond donors (Lipinski definition) is 0. The molecule has 0 N–H and O–H groups in total. The number of alkyl halides is 3. The molecule has 1 fully saturated rings. The topological polar surface area (TPSA) is 92.9 Å². The van der Waals surface area contributed by atoms with Crippen LogP contribution in [0.1, 0.15) is 32.5 Å². The Balaban J connectivity index is 1.59. The molecule has 2 aromatic rings. The zero-order chi connectivity index (χ0) is 22.1. The van der Waals surface area contributed by atoms with Crippen LogP contribution in [0, 0.1) is 5.92 Å². The maximum atomic E-state index is 13.0. The lowest BCUT2D eigenvalue weighted by Crippen LogP contribution is -2.39. The zero-order valence-electron chi connectivity index (χ0n) is 16.9. The number of likely N-dealkylation sites (N-methyl/N-ethyl adjacent to an activating group) is 1. The molecule has 1 saturated heterocycles. The number of rotatable bonds is 5. The van der Waals surface area contributed by atoms with Gasteiger partial charge in [0.05, 0.1) is 5.92 Å². The van der Waals surface area contributed by atoms with E-state index >= 15 is 0 Å². The van der Waals surface area contributed by atoms with Gasteiger partial charge in [0, 0.05) is 26.2 Å². The highest BCUT2D eigenvalue weighted by atomic mass is 19.4. The number of anilines is 1. The first kappa shape index (κ1) is 21.8. The highest BCUT2D eigenvalue weighted by molar-refractivity contribution is 5.81. The van der Waals surface area contributed by atoms with Crippen molar-refractivity contribution in [2.45, 2.75) is 38.9 Å². The molecular formula is C18H23F3N6O3. The van der Waals surface area contributed by atoms with Crippen molar-refractivity contribution >= 4 is 23.3 Å². The average Bonchev–Trinajstić information content (AvgIpc) is 3.15. The van der Waals surface area contributed by atoms with E-state index in [1.54, 1.807) is 18.0 Å². The van der Waals surface area contributed by atoms with Crippen LogP contribution in [-0.2, 0) is 20.5 Å². The van der Waals surface area contributed by atoms with Crippen molar-refractivity contribution < 1.29 is 27.5 Å². The molecule has 0 atom stereocenters. The van der Waals surface area contributed by atoms with Gasteiger partial charge in [-0.15, -0.1) is 15.3 Å². The molecule has 0 spiro atoms. The van der Waals surface area contributed by atoms with Crippen LogP contribution >= 0.6 is 0 Å². The molecule has 0 bridgehead atoms. The molecule has 1 aliphatic heterocycles. The minimum absolute atomic E-state index is 0.000529. The van der Waals surface area contributed by atoms with Gasteiger partial charge in [0.2, 0.25) is 0 Å². The number of carbonyl (C=O) groups is 2. The van der Waals surface area contributed by atoms with Gasteiger partial charge in [-0.2, -0.15) is 17.7 Å².